The van der Waals surface area contributed by atoms with Gasteiger partial charge in [-0.2, -0.15) is 0 Å². The van der Waals surface area contributed by atoms with Crippen LogP contribution in [-0.4, -0.2) is 22.1 Å². The van der Waals surface area contributed by atoms with Crippen molar-refractivity contribution in [3.63, 3.8) is 0 Å². The molecule has 5 nitrogen and oxygen atoms in total. The lowest BCUT2D eigenvalue weighted by Crippen LogP contribution is -2.44. The summed E-state index contributed by atoms with van der Waals surface area (Å²) >= 11 is 3.51. The molecule has 7 heteroatoms. The summed E-state index contributed by atoms with van der Waals surface area (Å²) in [6, 6.07) is 5.12. The molecule has 0 spiro atoms. The van der Waals surface area contributed by atoms with E-state index in [2.05, 4.69) is 35.1 Å². The molecule has 29 heavy (non-hydrogen) atoms. The maximum Gasteiger partial charge on any atom is 0.338 e. The lowest BCUT2D eigenvalue weighted by molar-refractivity contribution is 0.0691. The van der Waals surface area contributed by atoms with Crippen molar-refractivity contribution in [2.45, 2.75) is 50.4 Å². The number of nitrogens with one attached hydrogen (secondary N) is 1. The molecular formula is C22H21BrFNO4. The molecule has 0 saturated heterocycles. The molecule has 0 aromatic heterocycles. The first-order chi connectivity index (χ1) is 13.6. The van der Waals surface area contributed by atoms with Crippen molar-refractivity contribution in [3.05, 3.63) is 56.8 Å². The average molecular weight is 462 g/mol. The Hall–Kier alpha value is -2.41. The number of carbonyl (C=O) groups is 2. The normalized spacial score (nSPS) is 24.8. The fourth-order valence-corrected chi connectivity index (χ4v) is 5.62. The number of fused-ring (bicyclic) bond motifs is 2. The van der Waals surface area contributed by atoms with E-state index in [1.165, 1.54) is 6.07 Å². The van der Waals surface area contributed by atoms with Gasteiger partial charge in [0.25, 0.3) is 5.91 Å². The van der Waals surface area contributed by atoms with Crippen LogP contribution in [0.4, 0.5) is 10.1 Å². The lowest BCUT2D eigenvalue weighted by atomic mass is 9.52. The summed E-state index contributed by atoms with van der Waals surface area (Å²) in [5.74, 6) is -3.04. The number of phenols is 1. The predicted molar refractivity (Wildman–Crippen MR) is 110 cm³/mol. The molecule has 152 valence electrons. The van der Waals surface area contributed by atoms with E-state index in [1.807, 2.05) is 0 Å². The third-order valence-corrected chi connectivity index (χ3v) is 7.43. The van der Waals surface area contributed by atoms with Gasteiger partial charge in [0.05, 0.1) is 15.6 Å². The third-order valence-electron chi connectivity index (χ3n) is 6.65. The molecule has 0 unspecified atom stereocenters. The number of halogens is 2. The van der Waals surface area contributed by atoms with Gasteiger partial charge in [0.15, 0.2) is 0 Å². The van der Waals surface area contributed by atoms with Crippen LogP contribution in [-0.2, 0) is 10.8 Å². The van der Waals surface area contributed by atoms with Crippen LogP contribution in [0.3, 0.4) is 0 Å². The van der Waals surface area contributed by atoms with Crippen LogP contribution in [0.5, 0.6) is 5.75 Å². The summed E-state index contributed by atoms with van der Waals surface area (Å²) in [6.07, 6.45) is 4.12. The van der Waals surface area contributed by atoms with Gasteiger partial charge in [-0.25, -0.2) is 9.18 Å². The number of hydrogen-bond donors (Lipinski definition) is 3. The Morgan fingerprint density at radius 3 is 2.28 bits per heavy atom. The molecule has 3 N–H and O–H groups in total. The van der Waals surface area contributed by atoms with Gasteiger partial charge in [-0.3, -0.25) is 4.79 Å². The SMILES string of the molecule is CC12CCC(C)(CC1)c1c2cc(C(=O)Nc2ccc(C(=O)O)c(F)c2)c(O)c1Br. The fourth-order valence-electron chi connectivity index (χ4n) is 4.72. The summed E-state index contributed by atoms with van der Waals surface area (Å²) in [6.45, 7) is 4.39. The number of aromatic hydroxyl groups is 1. The highest BCUT2D eigenvalue weighted by Gasteiger charge is 2.49. The van der Waals surface area contributed by atoms with Crippen LogP contribution in [0.15, 0.2) is 28.7 Å². The Balaban J connectivity index is 1.73. The Morgan fingerprint density at radius 1 is 1.07 bits per heavy atom. The number of rotatable bonds is 3. The summed E-state index contributed by atoms with van der Waals surface area (Å²) in [4.78, 5) is 23.8. The second-order valence-corrected chi connectivity index (χ2v) is 9.38. The van der Waals surface area contributed by atoms with Crippen LogP contribution < -0.4 is 5.32 Å². The molecule has 0 radical (unpaired) electrons. The van der Waals surface area contributed by atoms with E-state index in [1.54, 1.807) is 6.07 Å². The minimum absolute atomic E-state index is 0.0335. The quantitative estimate of drug-likeness (QED) is 0.574. The first-order valence-electron chi connectivity index (χ1n) is 9.46. The second kappa shape index (κ2) is 6.55. The molecular weight excluding hydrogens is 441 g/mol. The number of carboxylic acids is 1. The Bertz CT molecular complexity index is 1060. The number of phenolic OH excluding ortho intramolecular Hbond substituents is 1. The zero-order valence-corrected chi connectivity index (χ0v) is 17.7. The summed E-state index contributed by atoms with van der Waals surface area (Å²) < 4.78 is 14.5. The highest BCUT2D eigenvalue weighted by molar-refractivity contribution is 9.10. The molecule has 2 bridgehead atoms. The van der Waals surface area contributed by atoms with Gasteiger partial charge in [-0.1, -0.05) is 13.8 Å². The second-order valence-electron chi connectivity index (χ2n) is 8.58. The van der Waals surface area contributed by atoms with Gasteiger partial charge in [-0.05, 0) is 87.8 Å². The van der Waals surface area contributed by atoms with Gasteiger partial charge in [0, 0.05) is 5.69 Å². The van der Waals surface area contributed by atoms with Crippen molar-refractivity contribution < 1.29 is 24.2 Å². The minimum atomic E-state index is -1.38. The molecule has 5 rings (SSSR count). The molecule has 0 heterocycles. The molecule has 3 aliphatic rings. The molecule has 3 aliphatic carbocycles. The Labute approximate surface area is 176 Å². The highest BCUT2D eigenvalue weighted by atomic mass is 79.9. The molecule has 2 aromatic carbocycles. The summed E-state index contributed by atoms with van der Waals surface area (Å²) in [5, 5.41) is 22.2. The number of amides is 1. The first kappa shape index (κ1) is 19.9. The van der Waals surface area contributed by atoms with Crippen LogP contribution in [0.25, 0.3) is 0 Å². The van der Waals surface area contributed by atoms with Crippen LogP contribution >= 0.6 is 15.9 Å². The lowest BCUT2D eigenvalue weighted by Gasteiger charge is -2.52. The van der Waals surface area contributed by atoms with Crippen LogP contribution in [0, 0.1) is 5.82 Å². The number of hydrogen-bond acceptors (Lipinski definition) is 3. The van der Waals surface area contributed by atoms with E-state index < -0.39 is 23.3 Å². The van der Waals surface area contributed by atoms with Crippen molar-refractivity contribution >= 4 is 33.5 Å². The molecule has 0 aliphatic heterocycles. The van der Waals surface area contributed by atoms with Crippen molar-refractivity contribution in [2.24, 2.45) is 0 Å². The third kappa shape index (κ3) is 3.03. The minimum Gasteiger partial charge on any atom is -0.506 e. The van der Waals surface area contributed by atoms with Crippen molar-refractivity contribution in [3.8, 4) is 5.75 Å². The molecule has 1 amide bonds. The molecule has 0 atom stereocenters. The van der Waals surface area contributed by atoms with E-state index in [0.717, 1.165) is 48.9 Å². The van der Waals surface area contributed by atoms with Crippen molar-refractivity contribution in [2.75, 3.05) is 5.32 Å². The van der Waals surface area contributed by atoms with Gasteiger partial charge in [-0.15, -0.1) is 0 Å². The van der Waals surface area contributed by atoms with Gasteiger partial charge in [0.1, 0.15) is 11.6 Å². The number of carbonyl (C=O) groups excluding carboxylic acids is 1. The molecule has 1 fully saturated rings. The number of aromatic carboxylic acids is 1. The maximum absolute atomic E-state index is 13.9. The smallest absolute Gasteiger partial charge is 0.338 e. The largest absolute Gasteiger partial charge is 0.506 e. The summed E-state index contributed by atoms with van der Waals surface area (Å²) in [7, 11) is 0. The average Bonchev–Trinajstić information content (AvgIpc) is 2.65. The van der Waals surface area contributed by atoms with E-state index in [-0.39, 0.29) is 27.8 Å². The zero-order valence-electron chi connectivity index (χ0n) is 16.1. The topological polar surface area (TPSA) is 86.6 Å². The van der Waals surface area contributed by atoms with E-state index in [9.17, 15) is 19.1 Å². The zero-order chi connectivity index (χ0) is 21.1. The predicted octanol–water partition coefficient (Wildman–Crippen LogP) is 5.35. The highest BCUT2D eigenvalue weighted by Crippen LogP contribution is 2.59. The number of carboxylic acid groups (broad SMARTS) is 1. The summed E-state index contributed by atoms with van der Waals surface area (Å²) in [5.41, 5.74) is 1.81. The van der Waals surface area contributed by atoms with Crippen LogP contribution in [0.1, 0.15) is 71.4 Å². The van der Waals surface area contributed by atoms with Crippen molar-refractivity contribution in [1.82, 2.24) is 0 Å². The molecule has 1 saturated carbocycles. The Morgan fingerprint density at radius 2 is 1.69 bits per heavy atom. The van der Waals surface area contributed by atoms with E-state index in [0.29, 0.717) is 4.47 Å². The monoisotopic (exact) mass is 461 g/mol. The van der Waals surface area contributed by atoms with Gasteiger partial charge >= 0.3 is 5.97 Å². The molecule has 2 aromatic rings. The van der Waals surface area contributed by atoms with Gasteiger partial charge in [0.2, 0.25) is 0 Å². The first-order valence-corrected chi connectivity index (χ1v) is 10.3. The van der Waals surface area contributed by atoms with Gasteiger partial charge < -0.3 is 15.5 Å². The number of benzene rings is 2. The van der Waals surface area contributed by atoms with Crippen molar-refractivity contribution in [1.29, 1.82) is 0 Å². The van der Waals surface area contributed by atoms with Crippen LogP contribution in [0.2, 0.25) is 0 Å². The fraction of sp³-hybridized carbons (Fsp3) is 0.364. The van der Waals surface area contributed by atoms with E-state index >= 15 is 0 Å². The standard InChI is InChI=1S/C22H21BrFNO4/c1-21-5-7-22(2,8-6-21)16-14(21)10-13(18(26)17(16)23)19(27)25-11-3-4-12(20(28)29)15(24)9-11/h3-4,9-10,26H,5-8H2,1-2H3,(H,25,27)(H,28,29). The van der Waals surface area contributed by atoms with E-state index in [4.69, 9.17) is 5.11 Å². The number of anilines is 1. The maximum atomic E-state index is 13.9. The Kier molecular flexibility index (Phi) is 4.49.